The highest BCUT2D eigenvalue weighted by molar-refractivity contribution is 5.94. The molecule has 1 fully saturated rings. The molecule has 6 heteroatoms. The Morgan fingerprint density at radius 2 is 1.84 bits per heavy atom. The first-order chi connectivity index (χ1) is 12.2. The third-order valence-corrected chi connectivity index (χ3v) is 4.29. The van der Waals surface area contributed by atoms with E-state index in [2.05, 4.69) is 0 Å². The van der Waals surface area contributed by atoms with Crippen molar-refractivity contribution in [1.29, 1.82) is 0 Å². The van der Waals surface area contributed by atoms with Crippen LogP contribution in [0, 0.1) is 0 Å². The standard InChI is InChI=1S/C19H30N2O4/c1-23-13-3-15-25-17-6-4-16(5-7-17)19(22)21-11-8-18(9-12-21)24-14-2-10-20/h4-7,18H,2-3,8-15,20H2,1H3. The molecular formula is C19H30N2O4. The van der Waals surface area contributed by atoms with Gasteiger partial charge in [0.25, 0.3) is 5.91 Å². The van der Waals surface area contributed by atoms with Gasteiger partial charge in [0.15, 0.2) is 0 Å². The molecule has 0 saturated carbocycles. The van der Waals surface area contributed by atoms with Crippen LogP contribution in [0.2, 0.25) is 0 Å². The second-order valence-corrected chi connectivity index (χ2v) is 6.22. The fourth-order valence-electron chi connectivity index (χ4n) is 2.83. The van der Waals surface area contributed by atoms with E-state index in [1.807, 2.05) is 29.2 Å². The summed E-state index contributed by atoms with van der Waals surface area (Å²) < 4.78 is 16.4. The summed E-state index contributed by atoms with van der Waals surface area (Å²) >= 11 is 0. The normalized spacial score (nSPS) is 15.4. The van der Waals surface area contributed by atoms with Crippen LogP contribution in [0.3, 0.4) is 0 Å². The largest absolute Gasteiger partial charge is 0.494 e. The molecule has 1 aliphatic heterocycles. The molecule has 140 valence electrons. The van der Waals surface area contributed by atoms with E-state index in [4.69, 9.17) is 19.9 Å². The number of nitrogens with two attached hydrogens (primary N) is 1. The van der Waals surface area contributed by atoms with Gasteiger partial charge >= 0.3 is 0 Å². The lowest BCUT2D eigenvalue weighted by molar-refractivity contribution is 0.00845. The first-order valence-corrected chi connectivity index (χ1v) is 9.07. The van der Waals surface area contributed by atoms with Crippen LogP contribution < -0.4 is 10.5 Å². The molecule has 25 heavy (non-hydrogen) atoms. The molecule has 2 rings (SSSR count). The maximum Gasteiger partial charge on any atom is 0.253 e. The molecule has 1 amide bonds. The quantitative estimate of drug-likeness (QED) is 0.654. The molecule has 0 spiro atoms. The van der Waals surface area contributed by atoms with E-state index in [-0.39, 0.29) is 12.0 Å². The van der Waals surface area contributed by atoms with Gasteiger partial charge in [-0.1, -0.05) is 0 Å². The molecular weight excluding hydrogens is 320 g/mol. The fourth-order valence-corrected chi connectivity index (χ4v) is 2.83. The van der Waals surface area contributed by atoms with Crippen LogP contribution in [0.15, 0.2) is 24.3 Å². The van der Waals surface area contributed by atoms with Crippen LogP contribution in [0.1, 0.15) is 36.0 Å². The predicted octanol–water partition coefficient (Wildman–Crippen LogP) is 2.07. The van der Waals surface area contributed by atoms with Gasteiger partial charge in [-0.05, 0) is 50.1 Å². The van der Waals surface area contributed by atoms with Gasteiger partial charge in [-0.3, -0.25) is 4.79 Å². The molecule has 0 bridgehead atoms. The highest BCUT2D eigenvalue weighted by atomic mass is 16.5. The molecule has 1 heterocycles. The van der Waals surface area contributed by atoms with E-state index in [1.165, 1.54) is 0 Å². The molecule has 2 N–H and O–H groups in total. The van der Waals surface area contributed by atoms with Gasteiger partial charge in [-0.25, -0.2) is 0 Å². The van der Waals surface area contributed by atoms with Crippen LogP contribution in [-0.2, 0) is 9.47 Å². The summed E-state index contributed by atoms with van der Waals surface area (Å²) in [7, 11) is 1.68. The average molecular weight is 350 g/mol. The lowest BCUT2D eigenvalue weighted by Gasteiger charge is -2.32. The van der Waals surface area contributed by atoms with Crippen molar-refractivity contribution in [3.8, 4) is 5.75 Å². The van der Waals surface area contributed by atoms with Crippen LogP contribution >= 0.6 is 0 Å². The molecule has 0 aromatic heterocycles. The maximum absolute atomic E-state index is 12.6. The van der Waals surface area contributed by atoms with E-state index in [9.17, 15) is 4.79 Å². The molecule has 0 radical (unpaired) electrons. The Hall–Kier alpha value is -1.63. The van der Waals surface area contributed by atoms with Crippen molar-refractivity contribution < 1.29 is 19.0 Å². The summed E-state index contributed by atoms with van der Waals surface area (Å²) in [4.78, 5) is 14.5. The molecule has 1 aliphatic rings. The molecule has 0 atom stereocenters. The lowest BCUT2D eigenvalue weighted by Crippen LogP contribution is -2.41. The van der Waals surface area contributed by atoms with Crippen molar-refractivity contribution >= 4 is 5.91 Å². The van der Waals surface area contributed by atoms with E-state index in [1.54, 1.807) is 7.11 Å². The minimum atomic E-state index is 0.0753. The van der Waals surface area contributed by atoms with Crippen LogP contribution in [0.25, 0.3) is 0 Å². The maximum atomic E-state index is 12.6. The first kappa shape index (κ1) is 19.7. The first-order valence-electron chi connectivity index (χ1n) is 9.07. The molecule has 0 unspecified atom stereocenters. The van der Waals surface area contributed by atoms with E-state index >= 15 is 0 Å². The van der Waals surface area contributed by atoms with Gasteiger partial charge in [-0.2, -0.15) is 0 Å². The minimum Gasteiger partial charge on any atom is -0.494 e. The summed E-state index contributed by atoms with van der Waals surface area (Å²) in [6, 6.07) is 7.36. The van der Waals surface area contributed by atoms with Crippen LogP contribution in [-0.4, -0.2) is 63.5 Å². The zero-order valence-electron chi connectivity index (χ0n) is 15.1. The Morgan fingerprint density at radius 1 is 1.12 bits per heavy atom. The molecule has 6 nitrogen and oxygen atoms in total. The van der Waals surface area contributed by atoms with Crippen molar-refractivity contribution in [3.05, 3.63) is 29.8 Å². The van der Waals surface area contributed by atoms with Gasteiger partial charge in [0.05, 0.1) is 12.7 Å². The molecule has 1 aromatic carbocycles. The second-order valence-electron chi connectivity index (χ2n) is 6.22. The van der Waals surface area contributed by atoms with Gasteiger partial charge < -0.3 is 24.8 Å². The smallest absolute Gasteiger partial charge is 0.253 e. The number of methoxy groups -OCH3 is 1. The number of carbonyl (C=O) groups is 1. The van der Waals surface area contributed by atoms with Gasteiger partial charge in [0.1, 0.15) is 5.75 Å². The SMILES string of the molecule is COCCCOc1ccc(C(=O)N2CCC(OCCCN)CC2)cc1. The van der Waals surface area contributed by atoms with Gasteiger partial charge in [-0.15, -0.1) is 0 Å². The Labute approximate surface area is 150 Å². The Balaban J connectivity index is 1.75. The number of benzene rings is 1. The predicted molar refractivity (Wildman–Crippen MR) is 97.0 cm³/mol. The number of hydrogen-bond acceptors (Lipinski definition) is 5. The third kappa shape index (κ3) is 6.65. The number of amides is 1. The topological polar surface area (TPSA) is 74.0 Å². The van der Waals surface area contributed by atoms with Crippen LogP contribution in [0.4, 0.5) is 0 Å². The molecule has 1 saturated heterocycles. The average Bonchev–Trinajstić information content (AvgIpc) is 2.66. The van der Waals surface area contributed by atoms with E-state index < -0.39 is 0 Å². The summed E-state index contributed by atoms with van der Waals surface area (Å²) in [6.07, 6.45) is 3.76. The Bertz CT molecular complexity index is 499. The summed E-state index contributed by atoms with van der Waals surface area (Å²) in [5.74, 6) is 0.853. The number of carbonyl (C=O) groups excluding carboxylic acids is 1. The molecule has 0 aliphatic carbocycles. The van der Waals surface area contributed by atoms with Crippen molar-refractivity contribution in [2.75, 3.05) is 46.6 Å². The zero-order valence-corrected chi connectivity index (χ0v) is 15.1. The highest BCUT2D eigenvalue weighted by Gasteiger charge is 2.23. The highest BCUT2D eigenvalue weighted by Crippen LogP contribution is 2.18. The Morgan fingerprint density at radius 3 is 2.48 bits per heavy atom. The lowest BCUT2D eigenvalue weighted by atomic mass is 10.1. The van der Waals surface area contributed by atoms with Crippen LogP contribution in [0.5, 0.6) is 5.75 Å². The summed E-state index contributed by atoms with van der Waals surface area (Å²) in [6.45, 7) is 4.13. The summed E-state index contributed by atoms with van der Waals surface area (Å²) in [5.41, 5.74) is 6.17. The van der Waals surface area contributed by atoms with E-state index in [0.717, 1.165) is 44.5 Å². The van der Waals surface area contributed by atoms with Crippen molar-refractivity contribution in [1.82, 2.24) is 4.90 Å². The van der Waals surface area contributed by atoms with Crippen molar-refractivity contribution in [3.63, 3.8) is 0 Å². The zero-order chi connectivity index (χ0) is 17.9. The number of likely N-dealkylation sites (tertiary alicyclic amines) is 1. The van der Waals surface area contributed by atoms with Crippen molar-refractivity contribution in [2.45, 2.75) is 31.8 Å². The minimum absolute atomic E-state index is 0.0753. The number of rotatable bonds is 10. The number of piperidine rings is 1. The Kier molecular flexibility index (Phi) is 8.72. The van der Waals surface area contributed by atoms with E-state index in [0.29, 0.717) is 31.9 Å². The summed E-state index contributed by atoms with van der Waals surface area (Å²) in [5, 5.41) is 0. The monoisotopic (exact) mass is 350 g/mol. The van der Waals surface area contributed by atoms with Gasteiger partial charge in [0.2, 0.25) is 0 Å². The van der Waals surface area contributed by atoms with Crippen molar-refractivity contribution in [2.24, 2.45) is 5.73 Å². The molecule has 1 aromatic rings. The number of ether oxygens (including phenoxy) is 3. The third-order valence-electron chi connectivity index (χ3n) is 4.29. The van der Waals surface area contributed by atoms with Gasteiger partial charge in [0, 0.05) is 45.4 Å². The number of nitrogens with zero attached hydrogens (tertiary/aromatic N) is 1. The second kappa shape index (κ2) is 11.1. The number of hydrogen-bond donors (Lipinski definition) is 1. The fraction of sp³-hybridized carbons (Fsp3) is 0.632.